The van der Waals surface area contributed by atoms with E-state index >= 15 is 0 Å². The first-order chi connectivity index (χ1) is 14.8. The van der Waals surface area contributed by atoms with Gasteiger partial charge in [0.25, 0.3) is 10.0 Å². The second-order valence-electron chi connectivity index (χ2n) is 7.38. The molecule has 0 saturated carbocycles. The smallest absolute Gasteiger partial charge is 0.283 e. The number of carbonyl (C=O) groups is 2. The van der Waals surface area contributed by atoms with Gasteiger partial charge < -0.3 is 15.5 Å². The number of nitrogens with one attached hydrogen (secondary N) is 2. The van der Waals surface area contributed by atoms with Gasteiger partial charge in [-0.2, -0.15) is 8.42 Å². The standard InChI is InChI=1S/C21H22N4O4S2/c1-25-12-4-7-19(25)24-31(28,29)15-10-8-14(9-11-15)22-20(26)13-18-21(27)23-16-5-2-3-6-17(16)30-18/h2-3,5-6,8-11,18H,4,7,12-13H2,1H3,(H,22,26)(H,23,27)/b24-19+. The topological polar surface area (TPSA) is 108 Å². The molecule has 2 amide bonds. The maximum Gasteiger partial charge on any atom is 0.283 e. The van der Waals surface area contributed by atoms with Crippen molar-refractivity contribution in [3.8, 4) is 0 Å². The first kappa shape index (κ1) is 21.4. The summed E-state index contributed by atoms with van der Waals surface area (Å²) in [4.78, 5) is 27.5. The van der Waals surface area contributed by atoms with E-state index in [9.17, 15) is 18.0 Å². The van der Waals surface area contributed by atoms with Crippen molar-refractivity contribution in [2.75, 3.05) is 24.2 Å². The van der Waals surface area contributed by atoms with Crippen LogP contribution in [0, 0.1) is 0 Å². The van der Waals surface area contributed by atoms with Gasteiger partial charge in [0, 0.05) is 37.0 Å². The lowest BCUT2D eigenvalue weighted by Gasteiger charge is -2.23. The number of likely N-dealkylation sites (tertiary alicyclic amines) is 1. The maximum atomic E-state index is 12.5. The summed E-state index contributed by atoms with van der Waals surface area (Å²) in [5.41, 5.74) is 1.20. The zero-order chi connectivity index (χ0) is 22.0. The van der Waals surface area contributed by atoms with Crippen LogP contribution in [0.25, 0.3) is 0 Å². The molecule has 0 spiro atoms. The average Bonchev–Trinajstić information content (AvgIpc) is 3.12. The fraction of sp³-hybridized carbons (Fsp3) is 0.286. The number of fused-ring (bicyclic) bond motifs is 1. The molecule has 8 nitrogen and oxygen atoms in total. The summed E-state index contributed by atoms with van der Waals surface area (Å²) in [6.45, 7) is 0.794. The number of carbonyl (C=O) groups excluding carboxylic acids is 2. The lowest BCUT2D eigenvalue weighted by molar-refractivity contribution is -0.120. The molecule has 2 heterocycles. The summed E-state index contributed by atoms with van der Waals surface area (Å²) in [6.07, 6.45) is 1.53. The number of amides is 2. The van der Waals surface area contributed by atoms with Crippen LogP contribution in [0.5, 0.6) is 0 Å². The number of anilines is 2. The number of rotatable bonds is 5. The Kier molecular flexibility index (Phi) is 6.01. The first-order valence-corrected chi connectivity index (χ1v) is 12.2. The summed E-state index contributed by atoms with van der Waals surface area (Å²) in [7, 11) is -1.98. The van der Waals surface area contributed by atoms with Gasteiger partial charge in [-0.1, -0.05) is 12.1 Å². The Morgan fingerprint density at radius 1 is 1.23 bits per heavy atom. The Labute approximate surface area is 185 Å². The van der Waals surface area contributed by atoms with Gasteiger partial charge >= 0.3 is 0 Å². The van der Waals surface area contributed by atoms with Crippen molar-refractivity contribution in [3.63, 3.8) is 0 Å². The average molecular weight is 459 g/mol. The van der Waals surface area contributed by atoms with Crippen molar-refractivity contribution in [2.45, 2.75) is 34.3 Å². The third-order valence-corrected chi connectivity index (χ3v) is 7.67. The normalized spacial score (nSPS) is 19.8. The Balaban J connectivity index is 1.39. The molecule has 2 N–H and O–H groups in total. The zero-order valence-corrected chi connectivity index (χ0v) is 18.5. The zero-order valence-electron chi connectivity index (χ0n) is 16.9. The van der Waals surface area contributed by atoms with Gasteiger partial charge in [-0.05, 0) is 42.8 Å². The third kappa shape index (κ3) is 4.91. The van der Waals surface area contributed by atoms with Crippen molar-refractivity contribution in [2.24, 2.45) is 4.40 Å². The maximum absolute atomic E-state index is 12.5. The van der Waals surface area contributed by atoms with E-state index in [0.717, 1.165) is 23.5 Å². The number of sulfonamides is 1. The van der Waals surface area contributed by atoms with Crippen LogP contribution < -0.4 is 10.6 Å². The summed E-state index contributed by atoms with van der Waals surface area (Å²) >= 11 is 1.35. The van der Waals surface area contributed by atoms with E-state index in [2.05, 4.69) is 15.0 Å². The summed E-state index contributed by atoms with van der Waals surface area (Å²) < 4.78 is 29.0. The molecule has 4 rings (SSSR count). The lowest BCUT2D eigenvalue weighted by atomic mass is 10.2. The monoisotopic (exact) mass is 458 g/mol. The van der Waals surface area contributed by atoms with E-state index in [4.69, 9.17) is 0 Å². The van der Waals surface area contributed by atoms with Crippen molar-refractivity contribution >= 4 is 50.8 Å². The second kappa shape index (κ2) is 8.72. The van der Waals surface area contributed by atoms with Crippen LogP contribution in [0.3, 0.4) is 0 Å². The number of thioether (sulfide) groups is 1. The Hall–Kier alpha value is -2.85. The van der Waals surface area contributed by atoms with Crippen LogP contribution in [-0.4, -0.2) is 49.8 Å². The molecule has 10 heteroatoms. The van der Waals surface area contributed by atoms with Crippen molar-refractivity contribution in [1.29, 1.82) is 0 Å². The first-order valence-electron chi connectivity index (χ1n) is 9.83. The number of amidine groups is 1. The number of benzene rings is 2. The summed E-state index contributed by atoms with van der Waals surface area (Å²) in [5, 5.41) is 5.00. The predicted molar refractivity (Wildman–Crippen MR) is 121 cm³/mol. The molecule has 2 aliphatic heterocycles. The van der Waals surface area contributed by atoms with Gasteiger partial charge in [-0.15, -0.1) is 16.2 Å². The molecule has 1 saturated heterocycles. The number of hydrogen-bond acceptors (Lipinski definition) is 5. The second-order valence-corrected chi connectivity index (χ2v) is 10.2. The SMILES string of the molecule is CN1CCC/C1=N\S(=O)(=O)c1ccc(NC(=O)CC2Sc3ccccc3NC2=O)cc1. The minimum absolute atomic E-state index is 0.00483. The van der Waals surface area contributed by atoms with Gasteiger partial charge in [0.2, 0.25) is 11.8 Å². The van der Waals surface area contributed by atoms with Crippen LogP contribution in [0.15, 0.2) is 62.7 Å². The van der Waals surface area contributed by atoms with E-state index in [0.29, 0.717) is 17.9 Å². The van der Waals surface area contributed by atoms with Gasteiger partial charge in [-0.3, -0.25) is 9.59 Å². The van der Waals surface area contributed by atoms with E-state index in [1.54, 1.807) is 0 Å². The molecule has 162 valence electrons. The highest BCUT2D eigenvalue weighted by atomic mass is 32.2. The minimum Gasteiger partial charge on any atom is -0.362 e. The van der Waals surface area contributed by atoms with E-state index in [1.807, 2.05) is 36.2 Å². The molecule has 1 unspecified atom stereocenters. The van der Waals surface area contributed by atoms with Gasteiger partial charge in [0.15, 0.2) is 0 Å². The largest absolute Gasteiger partial charge is 0.362 e. The Morgan fingerprint density at radius 3 is 2.68 bits per heavy atom. The van der Waals surface area contributed by atoms with E-state index < -0.39 is 15.3 Å². The third-order valence-electron chi connectivity index (χ3n) is 5.07. The van der Waals surface area contributed by atoms with Crippen LogP contribution in [-0.2, 0) is 19.6 Å². The highest BCUT2D eigenvalue weighted by molar-refractivity contribution is 8.01. The highest BCUT2D eigenvalue weighted by Gasteiger charge is 2.29. The molecule has 1 atom stereocenters. The molecule has 2 aliphatic rings. The fourth-order valence-electron chi connectivity index (χ4n) is 3.42. The van der Waals surface area contributed by atoms with Crippen LogP contribution in [0.2, 0.25) is 0 Å². The summed E-state index contributed by atoms with van der Waals surface area (Å²) in [5.74, 6) is 0.0222. The lowest BCUT2D eigenvalue weighted by Crippen LogP contribution is -2.32. The Morgan fingerprint density at radius 2 is 1.97 bits per heavy atom. The molecule has 2 aromatic carbocycles. The summed E-state index contributed by atoms with van der Waals surface area (Å²) in [6, 6.07) is 13.3. The number of nitrogens with zero attached hydrogens (tertiary/aromatic N) is 2. The molecule has 1 fully saturated rings. The van der Waals surface area contributed by atoms with Gasteiger partial charge in [0.05, 0.1) is 15.8 Å². The molecular formula is C21H22N4O4S2. The van der Waals surface area contributed by atoms with Gasteiger partial charge in [0.1, 0.15) is 5.84 Å². The van der Waals surface area contributed by atoms with E-state index in [1.165, 1.54) is 36.0 Å². The molecule has 31 heavy (non-hydrogen) atoms. The molecule has 0 aliphatic carbocycles. The Bertz CT molecular complexity index is 1150. The molecular weight excluding hydrogens is 436 g/mol. The fourth-order valence-corrected chi connectivity index (χ4v) is 5.62. The number of para-hydroxylation sites is 1. The molecule has 0 aromatic heterocycles. The van der Waals surface area contributed by atoms with Crippen molar-refractivity contribution in [1.82, 2.24) is 4.90 Å². The van der Waals surface area contributed by atoms with Crippen LogP contribution in [0.1, 0.15) is 19.3 Å². The van der Waals surface area contributed by atoms with Gasteiger partial charge in [-0.25, -0.2) is 0 Å². The molecule has 2 aromatic rings. The van der Waals surface area contributed by atoms with Crippen molar-refractivity contribution in [3.05, 3.63) is 48.5 Å². The quantitative estimate of drug-likeness (QED) is 0.713. The highest BCUT2D eigenvalue weighted by Crippen LogP contribution is 2.36. The van der Waals surface area contributed by atoms with E-state index in [-0.39, 0.29) is 23.1 Å². The number of hydrogen-bond donors (Lipinski definition) is 2. The van der Waals surface area contributed by atoms with Crippen molar-refractivity contribution < 1.29 is 18.0 Å². The molecule has 0 radical (unpaired) electrons. The molecule has 0 bridgehead atoms. The predicted octanol–water partition coefficient (Wildman–Crippen LogP) is 2.94. The van der Waals surface area contributed by atoms with Crippen LogP contribution in [0.4, 0.5) is 11.4 Å². The van der Waals surface area contributed by atoms with Crippen LogP contribution >= 0.6 is 11.8 Å². The minimum atomic E-state index is -3.80.